The fraction of sp³-hybridized carbons (Fsp3) is 0.100. The van der Waals surface area contributed by atoms with Crippen LogP contribution in [0.2, 0.25) is 0 Å². The number of amides is 1. The molecule has 1 amide bonds. The van der Waals surface area contributed by atoms with E-state index in [0.29, 0.717) is 17.9 Å². The lowest BCUT2D eigenvalue weighted by atomic mass is 10.3. The normalized spacial score (nSPS) is 10.0. The fourth-order valence-electron chi connectivity index (χ4n) is 1.15. The molecule has 6 nitrogen and oxygen atoms in total. The molecule has 0 aliphatic rings. The Bertz CT molecular complexity index is 464. The van der Waals surface area contributed by atoms with Crippen molar-refractivity contribution in [2.45, 2.75) is 6.54 Å². The summed E-state index contributed by atoms with van der Waals surface area (Å²) in [4.78, 5) is 14.8. The number of nitrogens with two attached hydrogens (primary N) is 1. The molecule has 16 heavy (non-hydrogen) atoms. The molecule has 2 aromatic rings. The minimum atomic E-state index is -0.490. The SMILES string of the molecule is NC(=O)c1ccc(NCc2ccon2)nc1. The van der Waals surface area contributed by atoms with Crippen molar-refractivity contribution < 1.29 is 9.32 Å². The van der Waals surface area contributed by atoms with E-state index in [-0.39, 0.29) is 0 Å². The van der Waals surface area contributed by atoms with Gasteiger partial charge in [-0.05, 0) is 12.1 Å². The number of rotatable bonds is 4. The molecule has 0 fully saturated rings. The summed E-state index contributed by atoms with van der Waals surface area (Å²) in [5, 5.41) is 6.77. The van der Waals surface area contributed by atoms with Crippen LogP contribution < -0.4 is 11.1 Å². The molecule has 0 radical (unpaired) electrons. The van der Waals surface area contributed by atoms with Crippen LogP contribution in [0.25, 0.3) is 0 Å². The van der Waals surface area contributed by atoms with Crippen molar-refractivity contribution in [1.82, 2.24) is 10.1 Å². The number of aromatic nitrogens is 2. The van der Waals surface area contributed by atoms with Crippen LogP contribution in [0.4, 0.5) is 5.82 Å². The molecule has 6 heteroatoms. The molecule has 2 aromatic heterocycles. The number of carbonyl (C=O) groups excluding carboxylic acids is 1. The Kier molecular flexibility index (Phi) is 2.81. The summed E-state index contributed by atoms with van der Waals surface area (Å²) in [6, 6.07) is 5.05. The van der Waals surface area contributed by atoms with E-state index in [1.165, 1.54) is 12.5 Å². The lowest BCUT2D eigenvalue weighted by Gasteiger charge is -2.02. The molecule has 0 bridgehead atoms. The number of hydrogen-bond acceptors (Lipinski definition) is 5. The van der Waals surface area contributed by atoms with Crippen LogP contribution in [0.5, 0.6) is 0 Å². The van der Waals surface area contributed by atoms with Crippen LogP contribution in [0.15, 0.2) is 35.2 Å². The van der Waals surface area contributed by atoms with Crippen molar-refractivity contribution in [3.63, 3.8) is 0 Å². The van der Waals surface area contributed by atoms with E-state index in [1.807, 2.05) is 0 Å². The Labute approximate surface area is 91.5 Å². The highest BCUT2D eigenvalue weighted by Gasteiger charge is 2.01. The average molecular weight is 218 g/mol. The third-order valence-corrected chi connectivity index (χ3v) is 1.99. The van der Waals surface area contributed by atoms with E-state index >= 15 is 0 Å². The number of hydrogen-bond donors (Lipinski definition) is 2. The number of carbonyl (C=O) groups is 1. The van der Waals surface area contributed by atoms with Crippen molar-refractivity contribution in [2.75, 3.05) is 5.32 Å². The third-order valence-electron chi connectivity index (χ3n) is 1.99. The first-order valence-electron chi connectivity index (χ1n) is 4.64. The molecule has 0 aliphatic heterocycles. The maximum Gasteiger partial charge on any atom is 0.250 e. The highest BCUT2D eigenvalue weighted by Crippen LogP contribution is 2.06. The van der Waals surface area contributed by atoms with Gasteiger partial charge in [0.1, 0.15) is 17.8 Å². The van der Waals surface area contributed by atoms with Gasteiger partial charge in [-0.3, -0.25) is 4.79 Å². The van der Waals surface area contributed by atoms with Crippen LogP contribution in [-0.2, 0) is 6.54 Å². The number of anilines is 1. The quantitative estimate of drug-likeness (QED) is 0.790. The van der Waals surface area contributed by atoms with Gasteiger partial charge in [-0.1, -0.05) is 5.16 Å². The van der Waals surface area contributed by atoms with E-state index in [4.69, 9.17) is 5.73 Å². The van der Waals surface area contributed by atoms with Crippen LogP contribution in [0, 0.1) is 0 Å². The number of nitrogens with one attached hydrogen (secondary N) is 1. The highest BCUT2D eigenvalue weighted by atomic mass is 16.5. The Morgan fingerprint density at radius 3 is 2.88 bits per heavy atom. The van der Waals surface area contributed by atoms with Gasteiger partial charge in [0.05, 0.1) is 12.1 Å². The average Bonchev–Trinajstić information content (AvgIpc) is 2.80. The molecule has 2 heterocycles. The molecular weight excluding hydrogens is 208 g/mol. The second kappa shape index (κ2) is 4.43. The van der Waals surface area contributed by atoms with Gasteiger partial charge in [0.25, 0.3) is 0 Å². The molecule has 3 N–H and O–H groups in total. The van der Waals surface area contributed by atoms with Crippen LogP contribution in [0.3, 0.4) is 0 Å². The smallest absolute Gasteiger partial charge is 0.250 e. The molecule has 0 aromatic carbocycles. The van der Waals surface area contributed by atoms with Crippen LogP contribution in [0.1, 0.15) is 16.1 Å². The summed E-state index contributed by atoms with van der Waals surface area (Å²) in [7, 11) is 0. The summed E-state index contributed by atoms with van der Waals surface area (Å²) in [5.74, 6) is 0.156. The molecule has 0 aliphatic carbocycles. The van der Waals surface area contributed by atoms with Gasteiger partial charge in [-0.2, -0.15) is 0 Å². The van der Waals surface area contributed by atoms with Crippen molar-refractivity contribution in [2.24, 2.45) is 5.73 Å². The topological polar surface area (TPSA) is 94.0 Å². The molecule has 0 saturated carbocycles. The van der Waals surface area contributed by atoms with Crippen LogP contribution in [-0.4, -0.2) is 16.0 Å². The van der Waals surface area contributed by atoms with Crippen molar-refractivity contribution in [3.05, 3.63) is 41.9 Å². The zero-order valence-electron chi connectivity index (χ0n) is 8.38. The largest absolute Gasteiger partial charge is 0.366 e. The van der Waals surface area contributed by atoms with Gasteiger partial charge in [-0.15, -0.1) is 0 Å². The van der Waals surface area contributed by atoms with Crippen molar-refractivity contribution >= 4 is 11.7 Å². The summed E-state index contributed by atoms with van der Waals surface area (Å²) >= 11 is 0. The van der Waals surface area contributed by atoms with Crippen LogP contribution >= 0.6 is 0 Å². The number of nitrogens with zero attached hydrogens (tertiary/aromatic N) is 2. The molecule has 0 saturated heterocycles. The van der Waals surface area contributed by atoms with E-state index in [2.05, 4.69) is 20.0 Å². The molecule has 82 valence electrons. The first kappa shape index (κ1) is 10.2. The second-order valence-electron chi connectivity index (χ2n) is 3.14. The molecule has 0 unspecified atom stereocenters. The summed E-state index contributed by atoms with van der Waals surface area (Å²) < 4.78 is 4.68. The molecule has 2 rings (SSSR count). The number of pyridine rings is 1. The molecule has 0 spiro atoms. The summed E-state index contributed by atoms with van der Waals surface area (Å²) in [6.07, 6.45) is 2.92. The minimum Gasteiger partial charge on any atom is -0.366 e. The monoisotopic (exact) mass is 218 g/mol. The third kappa shape index (κ3) is 2.35. The van der Waals surface area contributed by atoms with E-state index in [1.54, 1.807) is 18.2 Å². The zero-order chi connectivity index (χ0) is 11.4. The maximum absolute atomic E-state index is 10.8. The first-order valence-corrected chi connectivity index (χ1v) is 4.64. The number of primary amides is 1. The van der Waals surface area contributed by atoms with E-state index < -0.39 is 5.91 Å². The highest BCUT2D eigenvalue weighted by molar-refractivity contribution is 5.92. The van der Waals surface area contributed by atoms with Gasteiger partial charge in [0, 0.05) is 12.3 Å². The first-order chi connectivity index (χ1) is 7.75. The molecular formula is C10H10N4O2. The Morgan fingerprint density at radius 1 is 1.44 bits per heavy atom. The minimum absolute atomic E-state index is 0.381. The lowest BCUT2D eigenvalue weighted by molar-refractivity contribution is 0.1000. The van der Waals surface area contributed by atoms with Crippen molar-refractivity contribution in [3.8, 4) is 0 Å². The predicted molar refractivity (Wildman–Crippen MR) is 56.6 cm³/mol. The summed E-state index contributed by atoms with van der Waals surface area (Å²) in [6.45, 7) is 0.513. The van der Waals surface area contributed by atoms with Gasteiger partial charge < -0.3 is 15.6 Å². The summed E-state index contributed by atoms with van der Waals surface area (Å²) in [5.41, 5.74) is 6.25. The zero-order valence-corrected chi connectivity index (χ0v) is 8.38. The lowest BCUT2D eigenvalue weighted by Crippen LogP contribution is -2.11. The second-order valence-corrected chi connectivity index (χ2v) is 3.14. The van der Waals surface area contributed by atoms with Gasteiger partial charge >= 0.3 is 0 Å². The predicted octanol–water partition coefficient (Wildman–Crippen LogP) is 0.781. The van der Waals surface area contributed by atoms with Gasteiger partial charge in [0.15, 0.2) is 0 Å². The van der Waals surface area contributed by atoms with Gasteiger partial charge in [0.2, 0.25) is 5.91 Å². The maximum atomic E-state index is 10.8. The Balaban J connectivity index is 1.98. The fourth-order valence-corrected chi connectivity index (χ4v) is 1.15. The van der Waals surface area contributed by atoms with E-state index in [9.17, 15) is 4.79 Å². The Morgan fingerprint density at radius 2 is 2.31 bits per heavy atom. The van der Waals surface area contributed by atoms with Gasteiger partial charge in [-0.25, -0.2) is 4.98 Å². The van der Waals surface area contributed by atoms with E-state index in [0.717, 1.165) is 5.69 Å². The Hall–Kier alpha value is -2.37. The van der Waals surface area contributed by atoms with Crippen molar-refractivity contribution in [1.29, 1.82) is 0 Å². The molecule has 0 atom stereocenters. The standard InChI is InChI=1S/C10H10N4O2/c11-10(15)7-1-2-9(12-5-7)13-6-8-3-4-16-14-8/h1-5H,6H2,(H2,11,15)(H,12,13).